The lowest BCUT2D eigenvalue weighted by atomic mass is 10.2. The number of para-hydroxylation sites is 1. The van der Waals surface area contributed by atoms with Gasteiger partial charge in [-0.15, -0.1) is 24.0 Å². The number of guanidine groups is 1. The lowest BCUT2D eigenvalue weighted by molar-refractivity contribution is 0.136. The van der Waals surface area contributed by atoms with E-state index in [0.29, 0.717) is 13.1 Å². The molecule has 2 fully saturated rings. The van der Waals surface area contributed by atoms with E-state index in [0.717, 1.165) is 51.4 Å². The number of anilines is 1. The lowest BCUT2D eigenvalue weighted by Gasteiger charge is -2.33. The zero-order valence-electron chi connectivity index (χ0n) is 19.5. The van der Waals surface area contributed by atoms with E-state index < -0.39 is 11.6 Å². The summed E-state index contributed by atoms with van der Waals surface area (Å²) in [6.45, 7) is 14.0. The average Bonchev–Trinajstić information content (AvgIpc) is 3.22. The summed E-state index contributed by atoms with van der Waals surface area (Å²) >= 11 is 0. The van der Waals surface area contributed by atoms with Crippen molar-refractivity contribution in [2.45, 2.75) is 39.2 Å². The normalized spacial score (nSPS) is 20.3. The van der Waals surface area contributed by atoms with Crippen molar-refractivity contribution in [1.82, 2.24) is 20.4 Å². The van der Waals surface area contributed by atoms with Crippen LogP contribution in [0.3, 0.4) is 0 Å². The third kappa shape index (κ3) is 7.98. The minimum Gasteiger partial charge on any atom is -0.365 e. The summed E-state index contributed by atoms with van der Waals surface area (Å²) < 4.78 is 28.2. The van der Waals surface area contributed by atoms with Crippen molar-refractivity contribution >= 4 is 35.6 Å². The summed E-state index contributed by atoms with van der Waals surface area (Å²) in [7, 11) is 0. The largest absolute Gasteiger partial charge is 0.365 e. The highest BCUT2D eigenvalue weighted by Crippen LogP contribution is 2.26. The molecule has 0 radical (unpaired) electrons. The minimum atomic E-state index is -0.502. The first-order chi connectivity index (χ1) is 15.1. The molecule has 2 aliphatic rings. The Kier molecular flexibility index (Phi) is 12.0. The van der Waals surface area contributed by atoms with Gasteiger partial charge in [0.05, 0.1) is 0 Å². The molecule has 6 nitrogen and oxygen atoms in total. The molecule has 32 heavy (non-hydrogen) atoms. The van der Waals surface area contributed by atoms with Crippen molar-refractivity contribution in [3.05, 3.63) is 29.8 Å². The summed E-state index contributed by atoms with van der Waals surface area (Å²) in [6, 6.07) is 4.15. The Labute approximate surface area is 208 Å². The van der Waals surface area contributed by atoms with Crippen molar-refractivity contribution in [2.24, 2.45) is 4.99 Å². The molecule has 1 atom stereocenters. The number of aliphatic imine (C=N–C) groups is 1. The van der Waals surface area contributed by atoms with E-state index in [1.54, 1.807) is 4.90 Å². The predicted molar refractivity (Wildman–Crippen MR) is 139 cm³/mol. The molecule has 0 aliphatic carbocycles. The van der Waals surface area contributed by atoms with Crippen LogP contribution in [0.5, 0.6) is 0 Å². The smallest absolute Gasteiger partial charge is 0.191 e. The zero-order chi connectivity index (χ0) is 22.1. The number of piperazine rings is 1. The quantitative estimate of drug-likeness (QED) is 0.209. The van der Waals surface area contributed by atoms with E-state index in [-0.39, 0.29) is 35.7 Å². The van der Waals surface area contributed by atoms with Gasteiger partial charge >= 0.3 is 0 Å². The van der Waals surface area contributed by atoms with Gasteiger partial charge in [0.2, 0.25) is 0 Å². The SMILES string of the molecule is CCNC(=NCCCCN1CCN(CC)CC1)NC1CCN(c2c(F)cccc2F)C1.I. The Morgan fingerprint density at radius 1 is 1.03 bits per heavy atom. The topological polar surface area (TPSA) is 46.1 Å². The van der Waals surface area contributed by atoms with E-state index in [1.807, 2.05) is 6.92 Å². The summed E-state index contributed by atoms with van der Waals surface area (Å²) in [5.41, 5.74) is 0.0773. The molecule has 2 saturated heterocycles. The van der Waals surface area contributed by atoms with Crippen LogP contribution in [0.2, 0.25) is 0 Å². The molecule has 0 spiro atoms. The number of halogens is 3. The number of hydrogen-bond donors (Lipinski definition) is 2. The summed E-state index contributed by atoms with van der Waals surface area (Å²) in [4.78, 5) is 11.6. The monoisotopic (exact) mass is 564 g/mol. The molecule has 0 amide bonds. The molecule has 0 saturated carbocycles. The van der Waals surface area contributed by atoms with Crippen LogP contribution in [-0.2, 0) is 0 Å². The molecule has 2 aliphatic heterocycles. The van der Waals surface area contributed by atoms with Gasteiger partial charge in [-0.05, 0) is 51.4 Å². The van der Waals surface area contributed by atoms with Crippen LogP contribution >= 0.6 is 24.0 Å². The maximum Gasteiger partial charge on any atom is 0.191 e. The van der Waals surface area contributed by atoms with Crippen LogP contribution in [-0.4, -0.2) is 87.2 Å². The first kappa shape index (κ1) is 27.0. The fourth-order valence-corrected chi connectivity index (χ4v) is 4.35. The van der Waals surface area contributed by atoms with Crippen molar-refractivity contribution in [3.63, 3.8) is 0 Å². The third-order valence-corrected chi connectivity index (χ3v) is 6.19. The predicted octanol–water partition coefficient (Wildman–Crippen LogP) is 3.13. The van der Waals surface area contributed by atoms with Crippen molar-refractivity contribution in [2.75, 3.05) is 70.3 Å². The highest BCUT2D eigenvalue weighted by Gasteiger charge is 2.27. The number of nitrogens with one attached hydrogen (secondary N) is 2. The molecule has 1 unspecified atom stereocenters. The van der Waals surface area contributed by atoms with Gasteiger partial charge in [-0.25, -0.2) is 8.78 Å². The molecule has 9 heteroatoms. The highest BCUT2D eigenvalue weighted by atomic mass is 127. The second kappa shape index (κ2) is 14.1. The molecular weight excluding hydrogens is 525 g/mol. The molecular formula is C23H39F2IN6. The molecule has 1 aromatic rings. The van der Waals surface area contributed by atoms with E-state index in [1.165, 1.54) is 44.4 Å². The lowest BCUT2D eigenvalue weighted by Crippen LogP contribution is -2.46. The number of likely N-dealkylation sites (N-methyl/N-ethyl adjacent to an activating group) is 1. The standard InChI is InChI=1S/C23H38F2N6.HI/c1-3-26-23(27-11-5-6-12-30-16-14-29(4-2)15-17-30)28-19-10-13-31(18-19)22-20(24)8-7-9-21(22)25;/h7-9,19H,3-6,10-18H2,1-2H3,(H2,26,27,28);1H. The maximum atomic E-state index is 14.1. The maximum absolute atomic E-state index is 14.1. The molecule has 3 rings (SSSR count). The van der Waals surface area contributed by atoms with Crippen LogP contribution in [0.25, 0.3) is 0 Å². The molecule has 0 aromatic heterocycles. The number of unbranched alkanes of at least 4 members (excludes halogenated alkanes) is 1. The Balaban J connectivity index is 0.00000363. The Bertz CT molecular complexity index is 691. The average molecular weight is 565 g/mol. The summed E-state index contributed by atoms with van der Waals surface area (Å²) in [5.74, 6) is -0.213. The highest BCUT2D eigenvalue weighted by molar-refractivity contribution is 14.0. The van der Waals surface area contributed by atoms with E-state index in [2.05, 4.69) is 27.4 Å². The van der Waals surface area contributed by atoms with Crippen LogP contribution in [0.15, 0.2) is 23.2 Å². The zero-order valence-corrected chi connectivity index (χ0v) is 21.8. The minimum absolute atomic E-state index is 0. The van der Waals surface area contributed by atoms with Crippen LogP contribution < -0.4 is 15.5 Å². The van der Waals surface area contributed by atoms with Gasteiger partial charge in [-0.1, -0.05) is 13.0 Å². The Hall–Kier alpha value is -1.20. The number of hydrogen-bond acceptors (Lipinski definition) is 4. The van der Waals surface area contributed by atoms with Gasteiger partial charge in [0.15, 0.2) is 5.96 Å². The summed E-state index contributed by atoms with van der Waals surface area (Å²) in [6.07, 6.45) is 3.03. The molecule has 2 N–H and O–H groups in total. The van der Waals surface area contributed by atoms with Crippen LogP contribution in [0, 0.1) is 11.6 Å². The van der Waals surface area contributed by atoms with Crippen molar-refractivity contribution in [3.8, 4) is 0 Å². The third-order valence-electron chi connectivity index (χ3n) is 6.19. The fourth-order valence-electron chi connectivity index (χ4n) is 4.35. The number of rotatable bonds is 9. The van der Waals surface area contributed by atoms with Gasteiger partial charge in [0.25, 0.3) is 0 Å². The van der Waals surface area contributed by atoms with Crippen LogP contribution in [0.4, 0.5) is 14.5 Å². The van der Waals surface area contributed by atoms with Gasteiger partial charge < -0.3 is 25.3 Å². The molecule has 1 aromatic carbocycles. The van der Waals surface area contributed by atoms with E-state index in [9.17, 15) is 8.78 Å². The van der Waals surface area contributed by atoms with Gasteiger partial charge in [-0.3, -0.25) is 4.99 Å². The van der Waals surface area contributed by atoms with Crippen molar-refractivity contribution < 1.29 is 8.78 Å². The second-order valence-corrected chi connectivity index (χ2v) is 8.39. The number of nitrogens with zero attached hydrogens (tertiary/aromatic N) is 4. The van der Waals surface area contributed by atoms with Gasteiger partial charge in [-0.2, -0.15) is 0 Å². The first-order valence-electron chi connectivity index (χ1n) is 11.8. The molecule has 0 bridgehead atoms. The van der Waals surface area contributed by atoms with E-state index in [4.69, 9.17) is 4.99 Å². The Morgan fingerprint density at radius 2 is 1.72 bits per heavy atom. The molecule has 182 valence electrons. The fraction of sp³-hybridized carbons (Fsp3) is 0.696. The summed E-state index contributed by atoms with van der Waals surface area (Å²) in [5, 5.41) is 6.74. The molecule has 2 heterocycles. The van der Waals surface area contributed by atoms with Crippen molar-refractivity contribution in [1.29, 1.82) is 0 Å². The second-order valence-electron chi connectivity index (χ2n) is 8.39. The number of benzene rings is 1. The first-order valence-corrected chi connectivity index (χ1v) is 11.8. The Morgan fingerprint density at radius 3 is 2.38 bits per heavy atom. The van der Waals surface area contributed by atoms with E-state index >= 15 is 0 Å². The van der Waals surface area contributed by atoms with Gasteiger partial charge in [0, 0.05) is 58.4 Å². The van der Waals surface area contributed by atoms with Gasteiger partial charge in [0.1, 0.15) is 17.3 Å². The van der Waals surface area contributed by atoms with Crippen LogP contribution in [0.1, 0.15) is 33.1 Å².